The second-order valence-corrected chi connectivity index (χ2v) is 5.52. The van der Waals surface area contributed by atoms with Gasteiger partial charge in [-0.25, -0.2) is 0 Å². The lowest BCUT2D eigenvalue weighted by molar-refractivity contribution is -0.137. The molecule has 2 N–H and O–H groups in total. The van der Waals surface area contributed by atoms with Gasteiger partial charge in [0.25, 0.3) is 0 Å². The smallest absolute Gasteiger partial charge is 0.230 e. The number of hydrogen-bond donors (Lipinski definition) is 1. The summed E-state index contributed by atoms with van der Waals surface area (Å²) in [7, 11) is 1.91. The highest BCUT2D eigenvalue weighted by Crippen LogP contribution is 2.46. The number of nitrogens with zero attached hydrogens (tertiary/aromatic N) is 1. The first-order valence-electron chi connectivity index (χ1n) is 5.53. The molecule has 0 aliphatic heterocycles. The second kappa shape index (κ2) is 5.21. The van der Waals surface area contributed by atoms with Gasteiger partial charge >= 0.3 is 0 Å². The first kappa shape index (κ1) is 12.8. The molecule has 3 nitrogen and oxygen atoms in total. The van der Waals surface area contributed by atoms with E-state index in [0.29, 0.717) is 12.6 Å². The highest BCUT2D eigenvalue weighted by molar-refractivity contribution is 7.98. The fourth-order valence-electron chi connectivity index (χ4n) is 1.71. The molecular weight excluding hydrogens is 208 g/mol. The van der Waals surface area contributed by atoms with Crippen molar-refractivity contribution in [2.45, 2.75) is 32.2 Å². The fraction of sp³-hybridized carbons (Fsp3) is 0.909. The van der Waals surface area contributed by atoms with Crippen LogP contribution < -0.4 is 5.73 Å². The minimum absolute atomic E-state index is 0.192. The van der Waals surface area contributed by atoms with Gasteiger partial charge in [0, 0.05) is 19.6 Å². The third-order valence-electron chi connectivity index (χ3n) is 3.42. The molecule has 1 aliphatic rings. The van der Waals surface area contributed by atoms with Crippen LogP contribution in [0, 0.1) is 5.41 Å². The van der Waals surface area contributed by atoms with Crippen LogP contribution in [0.5, 0.6) is 0 Å². The van der Waals surface area contributed by atoms with Crippen LogP contribution in [0.1, 0.15) is 26.2 Å². The van der Waals surface area contributed by atoms with Crippen molar-refractivity contribution in [1.29, 1.82) is 0 Å². The van der Waals surface area contributed by atoms with Gasteiger partial charge in [0.05, 0.1) is 5.41 Å². The maximum absolute atomic E-state index is 12.1. The lowest BCUT2D eigenvalue weighted by atomic mass is 10.0. The minimum atomic E-state index is -0.192. The number of hydrogen-bond acceptors (Lipinski definition) is 3. The number of nitrogens with two attached hydrogens (primary N) is 1. The summed E-state index contributed by atoms with van der Waals surface area (Å²) in [6.45, 7) is 2.62. The quantitative estimate of drug-likeness (QED) is 0.748. The summed E-state index contributed by atoms with van der Waals surface area (Å²) in [5, 5.41) is 0. The molecule has 1 rings (SSSR count). The van der Waals surface area contributed by atoms with E-state index in [-0.39, 0.29) is 11.3 Å². The van der Waals surface area contributed by atoms with Gasteiger partial charge in [0.2, 0.25) is 5.91 Å². The number of carbonyl (C=O) groups is 1. The Morgan fingerprint density at radius 3 is 2.60 bits per heavy atom. The average molecular weight is 230 g/mol. The van der Waals surface area contributed by atoms with Crippen molar-refractivity contribution in [3.63, 3.8) is 0 Å². The van der Waals surface area contributed by atoms with Crippen molar-refractivity contribution >= 4 is 17.7 Å². The molecule has 0 spiro atoms. The summed E-state index contributed by atoms with van der Waals surface area (Å²) in [6.07, 6.45) is 5.10. The van der Waals surface area contributed by atoms with Crippen molar-refractivity contribution in [2.24, 2.45) is 11.1 Å². The van der Waals surface area contributed by atoms with Crippen LogP contribution in [0.15, 0.2) is 0 Å². The molecule has 1 atom stereocenters. The van der Waals surface area contributed by atoms with E-state index >= 15 is 0 Å². The predicted molar refractivity (Wildman–Crippen MR) is 66.0 cm³/mol. The molecule has 1 amide bonds. The number of rotatable bonds is 6. The molecule has 1 saturated carbocycles. The van der Waals surface area contributed by atoms with Gasteiger partial charge in [-0.15, -0.1) is 0 Å². The van der Waals surface area contributed by atoms with Crippen molar-refractivity contribution in [2.75, 3.05) is 25.6 Å². The molecule has 1 unspecified atom stereocenters. The molecule has 0 radical (unpaired) electrons. The van der Waals surface area contributed by atoms with Crippen molar-refractivity contribution in [3.05, 3.63) is 0 Å². The standard InChI is InChI=1S/C11H22N2OS/c1-9(4-7-15-3)13(2)10(14)11(8-12)5-6-11/h9H,4-8,12H2,1-3H3. The topological polar surface area (TPSA) is 46.3 Å². The van der Waals surface area contributed by atoms with Gasteiger partial charge in [-0.05, 0) is 38.2 Å². The minimum Gasteiger partial charge on any atom is -0.343 e. The van der Waals surface area contributed by atoms with Gasteiger partial charge in [-0.1, -0.05) is 0 Å². The Morgan fingerprint density at radius 2 is 2.20 bits per heavy atom. The van der Waals surface area contributed by atoms with E-state index < -0.39 is 0 Å². The van der Waals surface area contributed by atoms with Gasteiger partial charge in [0.1, 0.15) is 0 Å². The van der Waals surface area contributed by atoms with E-state index in [1.807, 2.05) is 23.7 Å². The summed E-state index contributed by atoms with van der Waals surface area (Å²) in [4.78, 5) is 14.0. The summed E-state index contributed by atoms with van der Waals surface area (Å²) in [5.74, 6) is 1.35. The van der Waals surface area contributed by atoms with Crippen LogP contribution in [0.3, 0.4) is 0 Å². The van der Waals surface area contributed by atoms with Crippen LogP contribution in [0.25, 0.3) is 0 Å². The molecule has 0 aromatic carbocycles. The van der Waals surface area contributed by atoms with E-state index in [4.69, 9.17) is 5.73 Å². The van der Waals surface area contributed by atoms with Crippen LogP contribution in [-0.4, -0.2) is 42.4 Å². The zero-order chi connectivity index (χ0) is 11.5. The van der Waals surface area contributed by atoms with Gasteiger partial charge in [-0.3, -0.25) is 4.79 Å². The first-order valence-corrected chi connectivity index (χ1v) is 6.93. The maximum atomic E-state index is 12.1. The normalized spacial score (nSPS) is 19.7. The Balaban J connectivity index is 2.45. The summed E-state index contributed by atoms with van der Waals surface area (Å²) in [6, 6.07) is 0.328. The number of carbonyl (C=O) groups excluding carboxylic acids is 1. The molecule has 0 aromatic heterocycles. The van der Waals surface area contributed by atoms with Crippen molar-refractivity contribution < 1.29 is 4.79 Å². The van der Waals surface area contributed by atoms with Crippen molar-refractivity contribution in [1.82, 2.24) is 4.90 Å². The summed E-state index contributed by atoms with van der Waals surface area (Å²) >= 11 is 1.83. The third kappa shape index (κ3) is 2.88. The van der Waals surface area contributed by atoms with E-state index in [1.165, 1.54) is 0 Å². The van der Waals surface area contributed by atoms with E-state index in [1.54, 1.807) is 0 Å². The summed E-state index contributed by atoms with van der Waals surface area (Å²) in [5.41, 5.74) is 5.46. The molecule has 0 heterocycles. The summed E-state index contributed by atoms with van der Waals surface area (Å²) < 4.78 is 0. The Bertz CT molecular complexity index is 229. The largest absolute Gasteiger partial charge is 0.343 e. The molecule has 4 heteroatoms. The molecule has 0 bridgehead atoms. The van der Waals surface area contributed by atoms with Gasteiger partial charge < -0.3 is 10.6 Å². The highest BCUT2D eigenvalue weighted by Gasteiger charge is 2.50. The zero-order valence-electron chi connectivity index (χ0n) is 9.95. The Hall–Kier alpha value is -0.220. The maximum Gasteiger partial charge on any atom is 0.230 e. The predicted octanol–water partition coefficient (Wildman–Crippen LogP) is 1.33. The lowest BCUT2D eigenvalue weighted by Crippen LogP contribution is -2.42. The SMILES string of the molecule is CSCCC(C)N(C)C(=O)C1(CN)CC1. The number of thioether (sulfide) groups is 1. The zero-order valence-corrected chi connectivity index (χ0v) is 10.8. The van der Waals surface area contributed by atoms with Gasteiger partial charge in [-0.2, -0.15) is 11.8 Å². The van der Waals surface area contributed by atoms with E-state index in [9.17, 15) is 4.79 Å². The Labute approximate surface area is 96.8 Å². The monoisotopic (exact) mass is 230 g/mol. The second-order valence-electron chi connectivity index (χ2n) is 4.53. The van der Waals surface area contributed by atoms with Crippen LogP contribution >= 0.6 is 11.8 Å². The molecule has 0 aromatic rings. The lowest BCUT2D eigenvalue weighted by Gasteiger charge is -2.28. The molecular formula is C11H22N2OS. The molecule has 1 aliphatic carbocycles. The molecule has 0 saturated heterocycles. The number of amides is 1. The van der Waals surface area contributed by atoms with Crippen LogP contribution in [0.2, 0.25) is 0 Å². The van der Waals surface area contributed by atoms with E-state index in [2.05, 4.69) is 13.2 Å². The fourth-order valence-corrected chi connectivity index (χ4v) is 2.29. The van der Waals surface area contributed by atoms with Crippen LogP contribution in [0.4, 0.5) is 0 Å². The van der Waals surface area contributed by atoms with Crippen molar-refractivity contribution in [3.8, 4) is 0 Å². The molecule has 88 valence electrons. The molecule has 1 fully saturated rings. The highest BCUT2D eigenvalue weighted by atomic mass is 32.2. The van der Waals surface area contributed by atoms with Crippen LogP contribution in [-0.2, 0) is 4.79 Å². The molecule has 15 heavy (non-hydrogen) atoms. The van der Waals surface area contributed by atoms with Gasteiger partial charge in [0.15, 0.2) is 0 Å². The Kier molecular flexibility index (Phi) is 4.46. The first-order chi connectivity index (χ1) is 7.07. The average Bonchev–Trinajstić information content (AvgIpc) is 3.04. The third-order valence-corrected chi connectivity index (χ3v) is 4.06. The Morgan fingerprint density at radius 1 is 1.60 bits per heavy atom. The van der Waals surface area contributed by atoms with E-state index in [0.717, 1.165) is 25.0 Å².